The van der Waals surface area contributed by atoms with Crippen molar-refractivity contribution in [2.24, 2.45) is 4.99 Å². The molecule has 1 N–H and O–H groups in total. The molecule has 2 rings (SSSR count). The molecule has 0 bridgehead atoms. The highest BCUT2D eigenvalue weighted by molar-refractivity contribution is 7.90. The van der Waals surface area contributed by atoms with Crippen molar-refractivity contribution in [2.45, 2.75) is 31.2 Å². The van der Waals surface area contributed by atoms with Crippen LogP contribution >= 0.6 is 0 Å². The van der Waals surface area contributed by atoms with E-state index in [1.807, 2.05) is 20.8 Å². The number of rotatable bonds is 2. The average Bonchev–Trinajstić information content (AvgIpc) is 2.57. The Morgan fingerprint density at radius 3 is 2.39 bits per heavy atom. The highest BCUT2D eigenvalue weighted by Crippen LogP contribution is 2.17. The van der Waals surface area contributed by atoms with Gasteiger partial charge < -0.3 is 4.74 Å². The minimum absolute atomic E-state index is 0.0561. The van der Waals surface area contributed by atoms with Gasteiger partial charge in [0.05, 0.1) is 10.4 Å². The molecule has 0 saturated heterocycles. The second kappa shape index (κ2) is 4.28. The molecular weight excluding hydrogens is 252 g/mol. The second-order valence-corrected chi connectivity index (χ2v) is 6.62. The third-order valence-electron chi connectivity index (χ3n) is 2.52. The predicted molar refractivity (Wildman–Crippen MR) is 69.0 cm³/mol. The molecule has 0 amide bonds. The lowest BCUT2D eigenvalue weighted by molar-refractivity contribution is 0.274. The Bertz CT molecular complexity index is 574. The van der Waals surface area contributed by atoms with Gasteiger partial charge >= 0.3 is 0 Å². The number of hydrogen-bond donors (Lipinski definition) is 1. The minimum Gasteiger partial charge on any atom is -0.462 e. The molecule has 1 aliphatic rings. The first-order chi connectivity index (χ1) is 8.28. The monoisotopic (exact) mass is 268 g/mol. The summed E-state index contributed by atoms with van der Waals surface area (Å²) < 4.78 is 31.6. The van der Waals surface area contributed by atoms with Crippen molar-refractivity contribution >= 4 is 16.0 Å². The number of benzene rings is 1. The summed E-state index contributed by atoms with van der Waals surface area (Å²) in [6, 6.07) is 6.66. The Hall–Kier alpha value is -1.56. The number of amidine groups is 1. The second-order valence-electron chi connectivity index (χ2n) is 4.94. The van der Waals surface area contributed by atoms with Crippen molar-refractivity contribution in [2.75, 3.05) is 6.61 Å². The molecule has 0 spiro atoms. The lowest BCUT2D eigenvalue weighted by Gasteiger charge is -2.07. The van der Waals surface area contributed by atoms with Gasteiger partial charge in [0.25, 0.3) is 16.0 Å². The molecular formula is C12H16N2O3S. The van der Waals surface area contributed by atoms with E-state index >= 15 is 0 Å². The lowest BCUT2D eigenvalue weighted by atomic mass is 10.1. The van der Waals surface area contributed by atoms with Crippen molar-refractivity contribution in [1.82, 2.24) is 4.72 Å². The van der Waals surface area contributed by atoms with Crippen molar-refractivity contribution in [1.29, 1.82) is 0 Å². The molecule has 1 aromatic carbocycles. The fraction of sp³-hybridized carbons (Fsp3) is 0.417. The summed E-state index contributed by atoms with van der Waals surface area (Å²) in [5.74, 6) is 0. The zero-order valence-electron chi connectivity index (χ0n) is 10.6. The quantitative estimate of drug-likeness (QED) is 0.882. The molecule has 0 aromatic heterocycles. The van der Waals surface area contributed by atoms with E-state index in [4.69, 9.17) is 4.74 Å². The Kier molecular flexibility index (Phi) is 3.06. The molecule has 18 heavy (non-hydrogen) atoms. The molecule has 0 unspecified atom stereocenters. The van der Waals surface area contributed by atoms with E-state index in [1.54, 1.807) is 24.3 Å². The topological polar surface area (TPSA) is 67.8 Å². The van der Waals surface area contributed by atoms with Gasteiger partial charge in [-0.25, -0.2) is 18.1 Å². The summed E-state index contributed by atoms with van der Waals surface area (Å²) >= 11 is 0. The summed E-state index contributed by atoms with van der Waals surface area (Å²) in [4.78, 5) is 4.35. The first-order valence-corrected chi connectivity index (χ1v) is 7.09. The van der Waals surface area contributed by atoms with Crippen molar-refractivity contribution in [3.63, 3.8) is 0 Å². The molecule has 0 aliphatic carbocycles. The van der Waals surface area contributed by atoms with E-state index in [1.165, 1.54) is 0 Å². The molecule has 0 saturated carbocycles. The van der Waals surface area contributed by atoms with Gasteiger partial charge in [-0.1, -0.05) is 17.7 Å². The zero-order valence-corrected chi connectivity index (χ0v) is 11.4. The third-order valence-corrected chi connectivity index (χ3v) is 3.86. The summed E-state index contributed by atoms with van der Waals surface area (Å²) in [6.45, 7) is 6.02. The van der Waals surface area contributed by atoms with Gasteiger partial charge in [0.1, 0.15) is 6.61 Å². The van der Waals surface area contributed by atoms with Crippen LogP contribution in [0.1, 0.15) is 19.4 Å². The SMILES string of the molecule is Cc1ccc(S(=O)(=O)NC2=NC(C)(C)CO2)cc1. The maximum Gasteiger partial charge on any atom is 0.299 e. The number of nitrogens with one attached hydrogen (secondary N) is 1. The Morgan fingerprint density at radius 2 is 1.89 bits per heavy atom. The van der Waals surface area contributed by atoms with Crippen LogP contribution in [-0.2, 0) is 14.8 Å². The largest absolute Gasteiger partial charge is 0.462 e. The Labute approximate surface area is 107 Å². The molecule has 98 valence electrons. The fourth-order valence-corrected chi connectivity index (χ4v) is 2.47. The first kappa shape index (κ1) is 12.9. The highest BCUT2D eigenvalue weighted by Gasteiger charge is 2.29. The number of aliphatic imine (C=N–C) groups is 1. The van der Waals surface area contributed by atoms with Crippen LogP contribution in [0.15, 0.2) is 34.2 Å². The lowest BCUT2D eigenvalue weighted by Crippen LogP contribution is -2.30. The smallest absolute Gasteiger partial charge is 0.299 e. The van der Waals surface area contributed by atoms with Crippen LogP contribution in [0.3, 0.4) is 0 Å². The number of nitrogens with zero attached hydrogens (tertiary/aromatic N) is 1. The van der Waals surface area contributed by atoms with E-state index in [-0.39, 0.29) is 16.5 Å². The number of sulfonamides is 1. The van der Waals surface area contributed by atoms with Crippen LogP contribution in [0.5, 0.6) is 0 Å². The standard InChI is InChI=1S/C12H16N2O3S/c1-9-4-6-10(7-5-9)18(15,16)14-11-13-12(2,3)8-17-11/h4-7H,8H2,1-3H3,(H,13,14). The minimum atomic E-state index is -3.62. The molecule has 6 heteroatoms. The highest BCUT2D eigenvalue weighted by atomic mass is 32.2. The van der Waals surface area contributed by atoms with Crippen LogP contribution < -0.4 is 4.72 Å². The van der Waals surface area contributed by atoms with Crippen LogP contribution in [-0.4, -0.2) is 26.6 Å². The first-order valence-electron chi connectivity index (χ1n) is 5.61. The van der Waals surface area contributed by atoms with Crippen molar-refractivity contribution in [3.8, 4) is 0 Å². The van der Waals surface area contributed by atoms with Crippen molar-refractivity contribution in [3.05, 3.63) is 29.8 Å². The average molecular weight is 268 g/mol. The molecule has 0 fully saturated rings. The van der Waals surface area contributed by atoms with Gasteiger partial charge in [0, 0.05) is 0 Å². The zero-order chi connectivity index (χ0) is 13.4. The molecule has 1 heterocycles. The van der Waals surface area contributed by atoms with E-state index < -0.39 is 10.0 Å². The summed E-state index contributed by atoms with van der Waals surface area (Å²) in [5, 5.41) is 0. The van der Waals surface area contributed by atoms with Gasteiger partial charge in [-0.15, -0.1) is 0 Å². The molecule has 1 aromatic rings. The molecule has 0 radical (unpaired) electrons. The van der Waals surface area contributed by atoms with E-state index in [9.17, 15) is 8.42 Å². The molecule has 0 atom stereocenters. The van der Waals surface area contributed by atoms with Gasteiger partial charge in [0.2, 0.25) is 0 Å². The summed E-state index contributed by atoms with van der Waals surface area (Å²) in [6.07, 6.45) is 0. The predicted octanol–water partition coefficient (Wildman–Crippen LogP) is 1.44. The van der Waals surface area contributed by atoms with Crippen LogP contribution in [0.2, 0.25) is 0 Å². The maximum atomic E-state index is 12.0. The van der Waals surface area contributed by atoms with Crippen molar-refractivity contribution < 1.29 is 13.2 Å². The molecule has 5 nitrogen and oxygen atoms in total. The number of ether oxygens (including phenoxy) is 1. The van der Waals surface area contributed by atoms with Gasteiger partial charge in [-0.2, -0.15) is 0 Å². The van der Waals surface area contributed by atoms with E-state index in [0.29, 0.717) is 6.61 Å². The van der Waals surface area contributed by atoms with Crippen LogP contribution in [0.4, 0.5) is 0 Å². The summed E-state index contributed by atoms with van der Waals surface area (Å²) in [5.41, 5.74) is 0.620. The van der Waals surface area contributed by atoms with Crippen LogP contribution in [0.25, 0.3) is 0 Å². The van der Waals surface area contributed by atoms with Gasteiger partial charge in [-0.3, -0.25) is 0 Å². The number of hydrogen-bond acceptors (Lipinski definition) is 4. The van der Waals surface area contributed by atoms with E-state index in [0.717, 1.165) is 5.56 Å². The van der Waals surface area contributed by atoms with E-state index in [2.05, 4.69) is 9.71 Å². The third kappa shape index (κ3) is 2.81. The van der Waals surface area contributed by atoms with Gasteiger partial charge in [-0.05, 0) is 32.9 Å². The Morgan fingerprint density at radius 1 is 1.28 bits per heavy atom. The summed E-state index contributed by atoms with van der Waals surface area (Å²) in [7, 11) is -3.62. The maximum absolute atomic E-state index is 12.0. The van der Waals surface area contributed by atoms with Gasteiger partial charge in [0.15, 0.2) is 0 Å². The van der Waals surface area contributed by atoms with Crippen LogP contribution in [0, 0.1) is 6.92 Å². The normalized spacial score (nSPS) is 18.1. The number of aryl methyl sites for hydroxylation is 1. The fourth-order valence-electron chi connectivity index (χ4n) is 1.53. The molecule has 1 aliphatic heterocycles. The Balaban J connectivity index is 2.21.